The van der Waals surface area contributed by atoms with E-state index in [9.17, 15) is 5.11 Å². The molecule has 0 radical (unpaired) electrons. The number of halogens is 2. The first-order valence-corrected chi connectivity index (χ1v) is 8.85. The zero-order valence-corrected chi connectivity index (χ0v) is 15.8. The molecular formula is C15H17Br2NO2S. The summed E-state index contributed by atoms with van der Waals surface area (Å²) in [7, 11) is 1.63. The Morgan fingerprint density at radius 2 is 2.05 bits per heavy atom. The topological polar surface area (TPSA) is 55.5 Å². The molecule has 3 N–H and O–H groups in total. The van der Waals surface area contributed by atoms with Crippen LogP contribution in [0.15, 0.2) is 32.5 Å². The lowest BCUT2D eigenvalue weighted by Gasteiger charge is -2.23. The highest BCUT2D eigenvalue weighted by atomic mass is 79.9. The molecule has 2 aromatic rings. The average molecular weight is 435 g/mol. The summed E-state index contributed by atoms with van der Waals surface area (Å²) in [4.78, 5) is 0.868. The first kappa shape index (κ1) is 17.0. The number of methoxy groups -OCH3 is 1. The molecular weight excluding hydrogens is 418 g/mol. The van der Waals surface area contributed by atoms with E-state index in [0.717, 1.165) is 30.0 Å². The maximum absolute atomic E-state index is 10.7. The van der Waals surface area contributed by atoms with E-state index in [1.807, 2.05) is 31.2 Å². The van der Waals surface area contributed by atoms with Crippen molar-refractivity contribution in [1.29, 1.82) is 0 Å². The predicted octanol–water partition coefficient (Wildman–Crippen LogP) is 4.37. The average Bonchev–Trinajstić information content (AvgIpc) is 2.80. The van der Waals surface area contributed by atoms with Gasteiger partial charge in [-0.3, -0.25) is 0 Å². The summed E-state index contributed by atoms with van der Waals surface area (Å²) in [5, 5.41) is 10.7. The molecule has 21 heavy (non-hydrogen) atoms. The minimum Gasteiger partial charge on any atom is -0.496 e. The molecule has 0 fully saturated rings. The molecule has 0 amide bonds. The van der Waals surface area contributed by atoms with Crippen molar-refractivity contribution in [2.75, 3.05) is 13.7 Å². The summed E-state index contributed by atoms with van der Waals surface area (Å²) < 4.78 is 7.32. The fourth-order valence-electron chi connectivity index (χ4n) is 2.28. The Hall–Kier alpha value is -0.400. The van der Waals surface area contributed by atoms with Gasteiger partial charge in [0.15, 0.2) is 0 Å². The molecule has 0 aliphatic rings. The van der Waals surface area contributed by atoms with Crippen molar-refractivity contribution in [3.63, 3.8) is 0 Å². The van der Waals surface area contributed by atoms with Gasteiger partial charge >= 0.3 is 0 Å². The SMILES string of the molecule is COc1ccc(C)cc1C(CN)C(O)c1cc(Br)c(Br)s1. The number of ether oxygens (including phenoxy) is 1. The van der Waals surface area contributed by atoms with Crippen LogP contribution in [-0.2, 0) is 0 Å². The summed E-state index contributed by atoms with van der Waals surface area (Å²) in [6, 6.07) is 7.85. The Balaban J connectivity index is 2.41. The molecule has 3 nitrogen and oxygen atoms in total. The fourth-order valence-corrected chi connectivity index (χ4v) is 4.42. The highest BCUT2D eigenvalue weighted by molar-refractivity contribution is 9.13. The van der Waals surface area contributed by atoms with Crippen molar-refractivity contribution in [1.82, 2.24) is 0 Å². The number of rotatable bonds is 5. The van der Waals surface area contributed by atoms with Crippen molar-refractivity contribution in [2.24, 2.45) is 5.73 Å². The molecule has 114 valence electrons. The summed E-state index contributed by atoms with van der Waals surface area (Å²) in [6.45, 7) is 2.36. The van der Waals surface area contributed by atoms with Gasteiger partial charge in [-0.2, -0.15) is 0 Å². The Labute approximate surface area is 145 Å². The first-order chi connectivity index (χ1) is 9.97. The highest BCUT2D eigenvalue weighted by Gasteiger charge is 2.26. The largest absolute Gasteiger partial charge is 0.496 e. The zero-order valence-electron chi connectivity index (χ0n) is 11.8. The van der Waals surface area contributed by atoms with Gasteiger partial charge in [0.05, 0.1) is 17.0 Å². The molecule has 2 atom stereocenters. The quantitative estimate of drug-likeness (QED) is 0.734. The zero-order chi connectivity index (χ0) is 15.6. The summed E-state index contributed by atoms with van der Waals surface area (Å²) >= 11 is 8.41. The molecule has 1 aromatic heterocycles. The van der Waals surface area contributed by atoms with E-state index in [4.69, 9.17) is 10.5 Å². The third kappa shape index (κ3) is 3.68. The van der Waals surface area contributed by atoms with E-state index < -0.39 is 6.10 Å². The minimum atomic E-state index is -0.668. The Kier molecular flexibility index (Phi) is 5.85. The summed E-state index contributed by atoms with van der Waals surface area (Å²) in [5.41, 5.74) is 7.98. The van der Waals surface area contributed by atoms with Crippen LogP contribution in [0.25, 0.3) is 0 Å². The lowest BCUT2D eigenvalue weighted by molar-refractivity contribution is 0.149. The van der Waals surface area contributed by atoms with Crippen molar-refractivity contribution in [2.45, 2.75) is 18.9 Å². The van der Waals surface area contributed by atoms with Gasteiger partial charge in [-0.1, -0.05) is 17.7 Å². The number of benzene rings is 1. The van der Waals surface area contributed by atoms with Crippen LogP contribution < -0.4 is 10.5 Å². The van der Waals surface area contributed by atoms with Crippen LogP contribution in [-0.4, -0.2) is 18.8 Å². The fraction of sp³-hybridized carbons (Fsp3) is 0.333. The van der Waals surface area contributed by atoms with Gasteiger partial charge in [0.2, 0.25) is 0 Å². The van der Waals surface area contributed by atoms with E-state index >= 15 is 0 Å². The van der Waals surface area contributed by atoms with Gasteiger partial charge in [-0.25, -0.2) is 0 Å². The van der Waals surface area contributed by atoms with Gasteiger partial charge in [0.25, 0.3) is 0 Å². The van der Waals surface area contributed by atoms with Gasteiger partial charge in [-0.15, -0.1) is 11.3 Å². The second kappa shape index (κ2) is 7.24. The molecule has 1 aromatic carbocycles. The van der Waals surface area contributed by atoms with E-state index in [1.165, 1.54) is 11.3 Å². The molecule has 2 rings (SSSR count). The summed E-state index contributed by atoms with van der Waals surface area (Å²) in [6.07, 6.45) is -0.668. The van der Waals surface area contributed by atoms with Gasteiger partial charge in [-0.05, 0) is 50.9 Å². The first-order valence-electron chi connectivity index (χ1n) is 6.45. The van der Waals surface area contributed by atoms with Crippen LogP contribution in [0.3, 0.4) is 0 Å². The number of aliphatic hydroxyl groups is 1. The molecule has 0 saturated carbocycles. The van der Waals surface area contributed by atoms with E-state index in [0.29, 0.717) is 6.54 Å². The molecule has 0 aliphatic carbocycles. The lowest BCUT2D eigenvalue weighted by atomic mass is 9.90. The highest BCUT2D eigenvalue weighted by Crippen LogP contribution is 2.42. The maximum Gasteiger partial charge on any atom is 0.122 e. The van der Waals surface area contributed by atoms with E-state index in [-0.39, 0.29) is 5.92 Å². The van der Waals surface area contributed by atoms with Crippen molar-refractivity contribution in [3.8, 4) is 5.75 Å². The second-order valence-corrected chi connectivity index (χ2v) is 8.06. The number of nitrogens with two attached hydrogens (primary N) is 1. The maximum atomic E-state index is 10.7. The second-order valence-electron chi connectivity index (χ2n) is 4.80. The molecule has 0 spiro atoms. The molecule has 6 heteroatoms. The molecule has 0 saturated heterocycles. The van der Waals surface area contributed by atoms with Gasteiger partial charge < -0.3 is 15.6 Å². The molecule has 1 heterocycles. The number of hydrogen-bond donors (Lipinski definition) is 2. The Morgan fingerprint density at radius 3 is 2.57 bits per heavy atom. The van der Waals surface area contributed by atoms with Crippen LogP contribution >= 0.6 is 43.2 Å². The number of aryl methyl sites for hydroxylation is 1. The van der Waals surface area contributed by atoms with E-state index in [1.54, 1.807) is 7.11 Å². The normalized spacial score (nSPS) is 14.0. The smallest absolute Gasteiger partial charge is 0.122 e. The van der Waals surface area contributed by atoms with Gasteiger partial charge in [0, 0.05) is 27.4 Å². The standard InChI is InChI=1S/C15H17Br2NO2S/c1-8-3-4-12(20-2)9(5-8)10(7-18)14(19)13-6-11(16)15(17)21-13/h3-6,10,14,19H,7,18H2,1-2H3. The number of aliphatic hydroxyl groups excluding tert-OH is 1. The van der Waals surface area contributed by atoms with Crippen LogP contribution in [0.1, 0.15) is 28.0 Å². The molecule has 0 bridgehead atoms. The van der Waals surface area contributed by atoms with Gasteiger partial charge in [0.1, 0.15) is 5.75 Å². The lowest BCUT2D eigenvalue weighted by Crippen LogP contribution is -2.20. The predicted molar refractivity (Wildman–Crippen MR) is 94.2 cm³/mol. The molecule has 2 unspecified atom stereocenters. The monoisotopic (exact) mass is 433 g/mol. The third-order valence-corrected chi connectivity index (χ3v) is 6.70. The summed E-state index contributed by atoms with van der Waals surface area (Å²) in [5.74, 6) is 0.544. The molecule has 0 aliphatic heterocycles. The van der Waals surface area contributed by atoms with Crippen molar-refractivity contribution >= 4 is 43.2 Å². The third-order valence-electron chi connectivity index (χ3n) is 3.38. The Bertz CT molecular complexity index is 611. The number of thiophene rings is 1. The van der Waals surface area contributed by atoms with Crippen LogP contribution in [0.5, 0.6) is 5.75 Å². The van der Waals surface area contributed by atoms with Crippen LogP contribution in [0.2, 0.25) is 0 Å². The Morgan fingerprint density at radius 1 is 1.33 bits per heavy atom. The van der Waals surface area contributed by atoms with Crippen molar-refractivity contribution < 1.29 is 9.84 Å². The van der Waals surface area contributed by atoms with Crippen LogP contribution in [0, 0.1) is 6.92 Å². The van der Waals surface area contributed by atoms with Crippen LogP contribution in [0.4, 0.5) is 0 Å². The van der Waals surface area contributed by atoms with Crippen molar-refractivity contribution in [3.05, 3.63) is 48.5 Å². The van der Waals surface area contributed by atoms with E-state index in [2.05, 4.69) is 31.9 Å². The number of hydrogen-bond acceptors (Lipinski definition) is 4. The minimum absolute atomic E-state index is 0.211.